The number of piperidine rings is 1. The summed E-state index contributed by atoms with van der Waals surface area (Å²) in [5.74, 6) is -0.00625. The van der Waals surface area contributed by atoms with Gasteiger partial charge in [0.15, 0.2) is 11.6 Å². The predicted octanol–water partition coefficient (Wildman–Crippen LogP) is 4.09. The summed E-state index contributed by atoms with van der Waals surface area (Å²) >= 11 is 0. The van der Waals surface area contributed by atoms with Crippen molar-refractivity contribution < 1.29 is 13.9 Å². The molecule has 2 aromatic rings. The van der Waals surface area contributed by atoms with E-state index in [1.54, 1.807) is 18.2 Å². The van der Waals surface area contributed by atoms with E-state index in [1.807, 2.05) is 49.1 Å². The standard InChI is InChI=1S/C21H25FN2O2/c1-21(2,23-16-8-4-3-5-9-16)20(25)24-14-12-17(13-15-24)26-19-11-7-6-10-18(19)22/h3-11,17,23H,12-15H2,1-2H3. The Morgan fingerprint density at radius 1 is 1.08 bits per heavy atom. The molecule has 4 nitrogen and oxygen atoms in total. The molecule has 1 heterocycles. The van der Waals surface area contributed by atoms with E-state index in [2.05, 4.69) is 5.32 Å². The molecule has 0 atom stereocenters. The fraction of sp³-hybridized carbons (Fsp3) is 0.381. The Balaban J connectivity index is 1.55. The smallest absolute Gasteiger partial charge is 0.247 e. The van der Waals surface area contributed by atoms with Crippen LogP contribution in [0.5, 0.6) is 5.75 Å². The van der Waals surface area contributed by atoms with Crippen molar-refractivity contribution in [3.63, 3.8) is 0 Å². The maximum absolute atomic E-state index is 13.7. The molecule has 1 saturated heterocycles. The number of nitrogens with zero attached hydrogens (tertiary/aromatic N) is 1. The van der Waals surface area contributed by atoms with E-state index in [-0.39, 0.29) is 23.6 Å². The lowest BCUT2D eigenvalue weighted by Gasteiger charge is -2.37. The summed E-state index contributed by atoms with van der Waals surface area (Å²) in [5, 5.41) is 3.30. The van der Waals surface area contributed by atoms with Gasteiger partial charge in [-0.25, -0.2) is 4.39 Å². The lowest BCUT2D eigenvalue weighted by atomic mass is 9.99. The number of carbonyl (C=O) groups is 1. The van der Waals surface area contributed by atoms with Crippen molar-refractivity contribution in [2.45, 2.75) is 38.3 Å². The largest absolute Gasteiger partial charge is 0.487 e. The molecular weight excluding hydrogens is 331 g/mol. The van der Waals surface area contributed by atoms with E-state index in [4.69, 9.17) is 4.74 Å². The summed E-state index contributed by atoms with van der Waals surface area (Å²) in [6.07, 6.45) is 1.32. The van der Waals surface area contributed by atoms with Crippen molar-refractivity contribution >= 4 is 11.6 Å². The molecule has 138 valence electrons. The zero-order chi connectivity index (χ0) is 18.6. The highest BCUT2D eigenvalue weighted by molar-refractivity contribution is 5.88. The molecule has 1 amide bonds. The van der Waals surface area contributed by atoms with E-state index < -0.39 is 5.54 Å². The van der Waals surface area contributed by atoms with Crippen molar-refractivity contribution in [1.82, 2.24) is 4.90 Å². The molecule has 1 N–H and O–H groups in total. The summed E-state index contributed by atoms with van der Waals surface area (Å²) in [6.45, 7) is 5.00. The molecule has 0 spiro atoms. The van der Waals surface area contributed by atoms with Crippen LogP contribution in [0.4, 0.5) is 10.1 Å². The van der Waals surface area contributed by atoms with Crippen molar-refractivity contribution in [2.24, 2.45) is 0 Å². The second kappa shape index (κ2) is 7.77. The summed E-state index contributed by atoms with van der Waals surface area (Å²) in [6, 6.07) is 16.2. The molecule has 0 saturated carbocycles. The zero-order valence-electron chi connectivity index (χ0n) is 15.2. The van der Waals surface area contributed by atoms with E-state index in [9.17, 15) is 9.18 Å². The number of benzene rings is 2. The number of nitrogens with one attached hydrogen (secondary N) is 1. The second-order valence-corrected chi connectivity index (χ2v) is 7.16. The van der Waals surface area contributed by atoms with Crippen LogP contribution in [0, 0.1) is 5.82 Å². The van der Waals surface area contributed by atoms with E-state index in [0.717, 1.165) is 5.69 Å². The van der Waals surface area contributed by atoms with Gasteiger partial charge in [0.2, 0.25) is 5.91 Å². The third-order valence-corrected chi connectivity index (χ3v) is 4.62. The summed E-state index contributed by atoms with van der Waals surface area (Å²) in [4.78, 5) is 14.8. The van der Waals surface area contributed by atoms with Gasteiger partial charge < -0.3 is 15.0 Å². The van der Waals surface area contributed by atoms with Gasteiger partial charge >= 0.3 is 0 Å². The third kappa shape index (κ3) is 4.34. The molecule has 3 rings (SSSR count). The van der Waals surface area contributed by atoms with Gasteiger partial charge in [-0.1, -0.05) is 30.3 Å². The average Bonchev–Trinajstić information content (AvgIpc) is 2.64. The second-order valence-electron chi connectivity index (χ2n) is 7.16. The van der Waals surface area contributed by atoms with Gasteiger partial charge in [0.05, 0.1) is 0 Å². The van der Waals surface area contributed by atoms with Crippen molar-refractivity contribution in [3.05, 3.63) is 60.4 Å². The quantitative estimate of drug-likeness (QED) is 0.877. The molecule has 1 aliphatic rings. The van der Waals surface area contributed by atoms with Crippen LogP contribution in [0.15, 0.2) is 54.6 Å². The molecular formula is C21H25FN2O2. The summed E-state index contributed by atoms with van der Waals surface area (Å²) in [7, 11) is 0. The average molecular weight is 356 g/mol. The van der Waals surface area contributed by atoms with Crippen molar-refractivity contribution in [3.8, 4) is 5.75 Å². The Labute approximate surface area is 154 Å². The molecule has 2 aromatic carbocycles. The first-order valence-corrected chi connectivity index (χ1v) is 8.99. The highest BCUT2D eigenvalue weighted by atomic mass is 19.1. The number of carbonyl (C=O) groups excluding carboxylic acids is 1. The number of amides is 1. The Morgan fingerprint density at radius 3 is 2.35 bits per heavy atom. The zero-order valence-corrected chi connectivity index (χ0v) is 15.2. The molecule has 0 aromatic heterocycles. The molecule has 1 fully saturated rings. The molecule has 0 radical (unpaired) electrons. The first-order valence-electron chi connectivity index (χ1n) is 8.99. The van der Waals surface area contributed by atoms with Crippen LogP contribution in [0.2, 0.25) is 0 Å². The fourth-order valence-corrected chi connectivity index (χ4v) is 3.23. The number of halogens is 1. The first-order chi connectivity index (χ1) is 12.5. The number of likely N-dealkylation sites (tertiary alicyclic amines) is 1. The SMILES string of the molecule is CC(C)(Nc1ccccc1)C(=O)N1CCC(Oc2ccccc2F)CC1. The minimum absolute atomic E-state index is 0.0608. The van der Waals surface area contributed by atoms with Crippen LogP contribution in [0.25, 0.3) is 0 Å². The Bertz CT molecular complexity index is 741. The normalized spacial score (nSPS) is 15.6. The summed E-state index contributed by atoms with van der Waals surface area (Å²) in [5.41, 5.74) is 0.226. The van der Waals surface area contributed by atoms with E-state index in [0.29, 0.717) is 25.9 Å². The monoisotopic (exact) mass is 356 g/mol. The predicted molar refractivity (Wildman–Crippen MR) is 101 cm³/mol. The number of rotatable bonds is 5. The lowest BCUT2D eigenvalue weighted by Crippen LogP contribution is -2.53. The molecule has 0 aliphatic carbocycles. The fourth-order valence-electron chi connectivity index (χ4n) is 3.23. The number of anilines is 1. The minimum atomic E-state index is -0.694. The molecule has 0 bridgehead atoms. The lowest BCUT2D eigenvalue weighted by molar-refractivity contribution is -0.136. The van der Waals surface area contributed by atoms with Crippen LogP contribution in [0.1, 0.15) is 26.7 Å². The number of hydrogen-bond donors (Lipinski definition) is 1. The first kappa shape index (κ1) is 18.2. The van der Waals surface area contributed by atoms with Gasteiger partial charge in [0, 0.05) is 31.6 Å². The van der Waals surface area contributed by atoms with Crippen LogP contribution in [-0.4, -0.2) is 35.5 Å². The van der Waals surface area contributed by atoms with Crippen molar-refractivity contribution in [1.29, 1.82) is 0 Å². The third-order valence-electron chi connectivity index (χ3n) is 4.62. The number of ether oxygens (including phenoxy) is 1. The Hall–Kier alpha value is -2.56. The molecule has 1 aliphatic heterocycles. The molecule has 26 heavy (non-hydrogen) atoms. The van der Waals surface area contributed by atoms with Gasteiger partial charge in [-0.2, -0.15) is 0 Å². The molecule has 0 unspecified atom stereocenters. The van der Waals surface area contributed by atoms with E-state index in [1.165, 1.54) is 6.07 Å². The van der Waals surface area contributed by atoms with Crippen LogP contribution in [-0.2, 0) is 4.79 Å². The summed E-state index contributed by atoms with van der Waals surface area (Å²) < 4.78 is 19.5. The van der Waals surface area contributed by atoms with Gasteiger partial charge in [0.25, 0.3) is 0 Å². The maximum atomic E-state index is 13.7. The highest BCUT2D eigenvalue weighted by Crippen LogP contribution is 2.24. The van der Waals surface area contributed by atoms with Crippen LogP contribution < -0.4 is 10.1 Å². The minimum Gasteiger partial charge on any atom is -0.487 e. The maximum Gasteiger partial charge on any atom is 0.247 e. The number of hydrogen-bond acceptors (Lipinski definition) is 3. The van der Waals surface area contributed by atoms with E-state index >= 15 is 0 Å². The topological polar surface area (TPSA) is 41.6 Å². The van der Waals surface area contributed by atoms with Gasteiger partial charge in [-0.05, 0) is 38.1 Å². The Kier molecular flexibility index (Phi) is 5.45. The van der Waals surface area contributed by atoms with Gasteiger partial charge in [-0.15, -0.1) is 0 Å². The van der Waals surface area contributed by atoms with Crippen LogP contribution >= 0.6 is 0 Å². The Morgan fingerprint density at radius 2 is 1.69 bits per heavy atom. The molecule has 5 heteroatoms. The number of para-hydroxylation sites is 2. The van der Waals surface area contributed by atoms with Gasteiger partial charge in [0.1, 0.15) is 11.6 Å². The van der Waals surface area contributed by atoms with Gasteiger partial charge in [-0.3, -0.25) is 4.79 Å². The highest BCUT2D eigenvalue weighted by Gasteiger charge is 2.34. The van der Waals surface area contributed by atoms with Crippen LogP contribution in [0.3, 0.4) is 0 Å². The van der Waals surface area contributed by atoms with Crippen molar-refractivity contribution in [2.75, 3.05) is 18.4 Å².